The molecule has 0 saturated heterocycles. The molecule has 3 rings (SSSR count). The fourth-order valence-corrected chi connectivity index (χ4v) is 5.04. The highest BCUT2D eigenvalue weighted by Crippen LogP contribution is 2.28. The molecular formula is C26H28ClNO5S. The van der Waals surface area contributed by atoms with Crippen molar-refractivity contribution in [3.05, 3.63) is 82.9 Å². The first-order chi connectivity index (χ1) is 16.2. The van der Waals surface area contributed by atoms with Gasteiger partial charge in [-0.2, -0.15) is 0 Å². The molecule has 0 N–H and O–H groups in total. The summed E-state index contributed by atoms with van der Waals surface area (Å²) in [6.07, 6.45) is 0.336. The van der Waals surface area contributed by atoms with Crippen molar-refractivity contribution in [3.8, 4) is 11.5 Å². The number of amides is 1. The van der Waals surface area contributed by atoms with Gasteiger partial charge in [-0.05, 0) is 86.8 Å². The standard InChI is InChI=1S/C26H28ClNO5S/c1-4-32-22-14-12-21(13-15-22)28(34(30,31)24-9-6-5-7-10-24)25(29)11-8-16-33-23-17-19(2)26(27)20(3)18-23/h5-7,9-10,12-15,17-18H,4,8,11,16H2,1-3H3. The molecule has 0 aliphatic carbocycles. The molecule has 34 heavy (non-hydrogen) atoms. The number of benzene rings is 3. The van der Waals surface area contributed by atoms with Gasteiger partial charge in [-0.15, -0.1) is 0 Å². The van der Waals surface area contributed by atoms with Gasteiger partial charge in [0.1, 0.15) is 11.5 Å². The minimum Gasteiger partial charge on any atom is -0.494 e. The Bertz CT molecular complexity index is 1200. The van der Waals surface area contributed by atoms with Crippen molar-refractivity contribution in [2.45, 2.75) is 38.5 Å². The van der Waals surface area contributed by atoms with Crippen LogP contribution in [-0.2, 0) is 14.8 Å². The quantitative estimate of drug-likeness (QED) is 0.321. The van der Waals surface area contributed by atoms with E-state index in [-0.39, 0.29) is 23.6 Å². The summed E-state index contributed by atoms with van der Waals surface area (Å²) in [6, 6.07) is 18.0. The van der Waals surface area contributed by atoms with Crippen LogP contribution in [0.4, 0.5) is 5.69 Å². The van der Waals surface area contributed by atoms with Gasteiger partial charge < -0.3 is 9.47 Å². The van der Waals surface area contributed by atoms with Crippen LogP contribution in [0.25, 0.3) is 0 Å². The van der Waals surface area contributed by atoms with Gasteiger partial charge in [0.2, 0.25) is 5.91 Å². The van der Waals surface area contributed by atoms with Crippen LogP contribution in [-0.4, -0.2) is 27.5 Å². The van der Waals surface area contributed by atoms with Crippen LogP contribution in [0.2, 0.25) is 5.02 Å². The summed E-state index contributed by atoms with van der Waals surface area (Å²) in [6.45, 7) is 6.40. The Morgan fingerprint density at radius 1 is 0.912 bits per heavy atom. The molecule has 6 nitrogen and oxygen atoms in total. The third kappa shape index (κ3) is 6.10. The van der Waals surface area contributed by atoms with Gasteiger partial charge in [0.05, 0.1) is 23.8 Å². The number of ether oxygens (including phenoxy) is 2. The highest BCUT2D eigenvalue weighted by molar-refractivity contribution is 7.93. The van der Waals surface area contributed by atoms with Gasteiger partial charge in [-0.1, -0.05) is 29.8 Å². The Morgan fingerprint density at radius 3 is 2.12 bits per heavy atom. The molecule has 0 bridgehead atoms. The summed E-state index contributed by atoms with van der Waals surface area (Å²) in [5.41, 5.74) is 2.06. The van der Waals surface area contributed by atoms with Crippen LogP contribution in [0.1, 0.15) is 30.9 Å². The minimum atomic E-state index is -4.10. The molecule has 0 radical (unpaired) electrons. The molecule has 0 atom stereocenters. The monoisotopic (exact) mass is 501 g/mol. The zero-order chi connectivity index (χ0) is 24.7. The Balaban J connectivity index is 1.77. The maximum Gasteiger partial charge on any atom is 0.270 e. The minimum absolute atomic E-state index is 0.00910. The Morgan fingerprint density at radius 2 is 1.53 bits per heavy atom. The maximum atomic E-state index is 13.4. The number of halogens is 1. The van der Waals surface area contributed by atoms with E-state index in [1.807, 2.05) is 32.9 Å². The molecule has 0 unspecified atom stereocenters. The largest absolute Gasteiger partial charge is 0.494 e. The van der Waals surface area contributed by atoms with E-state index in [1.54, 1.807) is 42.5 Å². The smallest absolute Gasteiger partial charge is 0.270 e. The van der Waals surface area contributed by atoms with E-state index >= 15 is 0 Å². The van der Waals surface area contributed by atoms with E-state index in [9.17, 15) is 13.2 Å². The molecule has 0 aromatic heterocycles. The third-order valence-corrected chi connectivity index (χ3v) is 7.46. The topological polar surface area (TPSA) is 72.9 Å². The fraction of sp³-hybridized carbons (Fsp3) is 0.269. The van der Waals surface area contributed by atoms with Crippen molar-refractivity contribution in [3.63, 3.8) is 0 Å². The second kappa shape index (κ2) is 11.4. The molecule has 0 aliphatic rings. The molecular weight excluding hydrogens is 474 g/mol. The van der Waals surface area contributed by atoms with Crippen LogP contribution in [0.3, 0.4) is 0 Å². The van der Waals surface area contributed by atoms with E-state index in [1.165, 1.54) is 12.1 Å². The average Bonchev–Trinajstić information content (AvgIpc) is 2.82. The van der Waals surface area contributed by atoms with E-state index in [0.29, 0.717) is 29.5 Å². The number of carbonyl (C=O) groups is 1. The van der Waals surface area contributed by atoms with Crippen molar-refractivity contribution in [1.29, 1.82) is 0 Å². The summed E-state index contributed by atoms with van der Waals surface area (Å²) in [5.74, 6) is 0.713. The normalized spacial score (nSPS) is 11.2. The number of hydrogen-bond donors (Lipinski definition) is 0. The predicted octanol–water partition coefficient (Wildman–Crippen LogP) is 5.94. The second-order valence-electron chi connectivity index (χ2n) is 7.73. The predicted molar refractivity (Wildman–Crippen MR) is 134 cm³/mol. The number of carbonyl (C=O) groups excluding carboxylic acids is 1. The lowest BCUT2D eigenvalue weighted by Crippen LogP contribution is -2.37. The van der Waals surface area contributed by atoms with Gasteiger partial charge in [0.25, 0.3) is 10.0 Å². The summed E-state index contributed by atoms with van der Waals surface area (Å²) in [5, 5.41) is 0.694. The lowest BCUT2D eigenvalue weighted by molar-refractivity contribution is -0.117. The first kappa shape index (κ1) is 25.6. The first-order valence-electron chi connectivity index (χ1n) is 11.0. The number of sulfonamides is 1. The number of rotatable bonds is 10. The maximum absolute atomic E-state index is 13.4. The molecule has 0 aliphatic heterocycles. The van der Waals surface area contributed by atoms with Crippen LogP contribution in [0, 0.1) is 13.8 Å². The molecule has 8 heteroatoms. The van der Waals surface area contributed by atoms with Crippen molar-refractivity contribution in [2.24, 2.45) is 0 Å². The number of anilines is 1. The molecule has 0 saturated carbocycles. The number of hydrogen-bond acceptors (Lipinski definition) is 5. The third-order valence-electron chi connectivity index (χ3n) is 5.10. The second-order valence-corrected chi connectivity index (χ2v) is 9.89. The number of nitrogens with zero attached hydrogens (tertiary/aromatic N) is 1. The SMILES string of the molecule is CCOc1ccc(N(C(=O)CCCOc2cc(C)c(Cl)c(C)c2)S(=O)(=O)c2ccccc2)cc1. The van der Waals surface area contributed by atoms with E-state index in [2.05, 4.69) is 0 Å². The summed E-state index contributed by atoms with van der Waals surface area (Å²) < 4.78 is 38.8. The van der Waals surface area contributed by atoms with Gasteiger partial charge in [0, 0.05) is 11.4 Å². The van der Waals surface area contributed by atoms with Crippen LogP contribution >= 0.6 is 11.6 Å². The molecule has 180 valence electrons. The Labute approximate surface area is 206 Å². The van der Waals surface area contributed by atoms with Crippen molar-refractivity contribution in [2.75, 3.05) is 17.5 Å². The highest BCUT2D eigenvalue weighted by Gasteiger charge is 2.30. The summed E-state index contributed by atoms with van der Waals surface area (Å²) in [7, 11) is -4.10. The Kier molecular flexibility index (Phi) is 8.58. The molecule has 3 aromatic rings. The highest BCUT2D eigenvalue weighted by atomic mass is 35.5. The number of aryl methyl sites for hydroxylation is 2. The zero-order valence-electron chi connectivity index (χ0n) is 19.5. The molecule has 0 heterocycles. The van der Waals surface area contributed by atoms with Crippen molar-refractivity contribution < 1.29 is 22.7 Å². The van der Waals surface area contributed by atoms with Gasteiger partial charge in [0.15, 0.2) is 0 Å². The average molecular weight is 502 g/mol. The van der Waals surface area contributed by atoms with E-state index < -0.39 is 15.9 Å². The Hall–Kier alpha value is -3.03. The van der Waals surface area contributed by atoms with E-state index in [4.69, 9.17) is 21.1 Å². The van der Waals surface area contributed by atoms with Gasteiger partial charge in [-0.3, -0.25) is 4.79 Å². The van der Waals surface area contributed by atoms with Crippen LogP contribution < -0.4 is 13.8 Å². The van der Waals surface area contributed by atoms with Crippen LogP contribution in [0.5, 0.6) is 11.5 Å². The molecule has 0 fully saturated rings. The molecule has 3 aromatic carbocycles. The summed E-state index contributed by atoms with van der Waals surface area (Å²) >= 11 is 6.20. The fourth-order valence-electron chi connectivity index (χ4n) is 3.46. The zero-order valence-corrected chi connectivity index (χ0v) is 21.0. The lowest BCUT2D eigenvalue weighted by Gasteiger charge is -2.23. The van der Waals surface area contributed by atoms with Crippen LogP contribution in [0.15, 0.2) is 71.6 Å². The van der Waals surface area contributed by atoms with E-state index in [0.717, 1.165) is 15.4 Å². The van der Waals surface area contributed by atoms with Gasteiger partial charge >= 0.3 is 0 Å². The first-order valence-corrected chi connectivity index (χ1v) is 12.8. The summed E-state index contributed by atoms with van der Waals surface area (Å²) in [4.78, 5) is 13.2. The van der Waals surface area contributed by atoms with Gasteiger partial charge in [-0.25, -0.2) is 12.7 Å². The van der Waals surface area contributed by atoms with Crippen molar-refractivity contribution >= 4 is 33.2 Å². The molecule has 0 spiro atoms. The molecule has 1 amide bonds. The lowest BCUT2D eigenvalue weighted by atomic mass is 10.1. The van der Waals surface area contributed by atoms with Crippen molar-refractivity contribution in [1.82, 2.24) is 0 Å².